The van der Waals surface area contributed by atoms with Gasteiger partial charge in [0.1, 0.15) is 5.71 Å². The predicted molar refractivity (Wildman–Crippen MR) is 108 cm³/mol. The van der Waals surface area contributed by atoms with Crippen molar-refractivity contribution in [1.29, 1.82) is 0 Å². The number of rotatable bonds is 7. The molecule has 0 amide bonds. The number of ether oxygens (including phenoxy) is 1. The standard InChI is InChI=1S/C19H19N3O6S/c1-4-27-17-7-5-6-14-10-18(28-19(14)17)13(3)20-21-29(25,26)15-9-8-12(2)16(11-15)22(23)24/h5-11,21H,4H2,1-3H3/b20-13-. The number of benzene rings is 2. The maximum Gasteiger partial charge on any atom is 0.276 e. The molecule has 29 heavy (non-hydrogen) atoms. The SMILES string of the molecule is CCOc1cccc2cc(/C(C)=N\NS(=O)(=O)c3ccc(C)c([N+](=O)[O-])c3)oc12. The molecule has 0 saturated heterocycles. The molecule has 0 radical (unpaired) electrons. The predicted octanol–water partition coefficient (Wildman–Crippen LogP) is 3.75. The molecule has 0 unspecified atom stereocenters. The maximum atomic E-state index is 12.5. The number of fused-ring (bicyclic) bond motifs is 1. The molecule has 2 aromatic carbocycles. The highest BCUT2D eigenvalue weighted by Crippen LogP contribution is 2.29. The molecule has 0 spiro atoms. The zero-order valence-electron chi connectivity index (χ0n) is 16.0. The normalized spacial score (nSPS) is 12.2. The molecule has 0 saturated carbocycles. The van der Waals surface area contributed by atoms with E-state index in [1.165, 1.54) is 19.1 Å². The number of para-hydroxylation sites is 1. The van der Waals surface area contributed by atoms with Gasteiger partial charge in [0.2, 0.25) is 0 Å². The Morgan fingerprint density at radius 3 is 2.72 bits per heavy atom. The van der Waals surface area contributed by atoms with Gasteiger partial charge in [-0.2, -0.15) is 18.4 Å². The molecule has 3 aromatic rings. The molecular formula is C19H19N3O6S. The summed E-state index contributed by atoms with van der Waals surface area (Å²) in [7, 11) is -4.09. The van der Waals surface area contributed by atoms with Crippen molar-refractivity contribution < 1.29 is 22.5 Å². The third-order valence-corrected chi connectivity index (χ3v) is 5.39. The second kappa shape index (κ2) is 7.92. The molecule has 0 aliphatic heterocycles. The van der Waals surface area contributed by atoms with E-state index in [1.807, 2.05) is 19.1 Å². The molecule has 1 N–H and O–H groups in total. The van der Waals surface area contributed by atoms with Crippen molar-refractivity contribution >= 4 is 32.4 Å². The van der Waals surface area contributed by atoms with E-state index in [1.54, 1.807) is 19.1 Å². The molecule has 0 bridgehead atoms. The number of nitro benzene ring substituents is 1. The summed E-state index contributed by atoms with van der Waals surface area (Å²) in [5.74, 6) is 0.946. The van der Waals surface area contributed by atoms with E-state index in [9.17, 15) is 18.5 Å². The van der Waals surface area contributed by atoms with Crippen LogP contribution in [0.5, 0.6) is 5.75 Å². The Labute approximate surface area is 167 Å². The van der Waals surface area contributed by atoms with E-state index in [0.717, 1.165) is 11.5 Å². The van der Waals surface area contributed by atoms with Crippen molar-refractivity contribution in [2.45, 2.75) is 25.7 Å². The van der Waals surface area contributed by atoms with Crippen molar-refractivity contribution in [3.8, 4) is 5.75 Å². The zero-order chi connectivity index (χ0) is 21.2. The van der Waals surface area contributed by atoms with Gasteiger partial charge in [-0.05, 0) is 39.0 Å². The summed E-state index contributed by atoms with van der Waals surface area (Å²) in [4.78, 5) is 12.3. The van der Waals surface area contributed by atoms with E-state index in [4.69, 9.17) is 9.15 Å². The lowest BCUT2D eigenvalue weighted by molar-refractivity contribution is -0.385. The second-order valence-electron chi connectivity index (χ2n) is 6.22. The number of nitrogens with one attached hydrogen (secondary N) is 1. The summed E-state index contributed by atoms with van der Waals surface area (Å²) in [6.45, 7) is 5.45. The average molecular weight is 417 g/mol. The van der Waals surface area contributed by atoms with E-state index < -0.39 is 14.9 Å². The van der Waals surface area contributed by atoms with Crippen molar-refractivity contribution in [3.63, 3.8) is 0 Å². The fourth-order valence-electron chi connectivity index (χ4n) is 2.67. The van der Waals surface area contributed by atoms with E-state index >= 15 is 0 Å². The highest BCUT2D eigenvalue weighted by atomic mass is 32.2. The van der Waals surface area contributed by atoms with Gasteiger partial charge in [0.05, 0.1) is 16.4 Å². The molecule has 152 valence electrons. The first-order valence-corrected chi connectivity index (χ1v) is 10.2. The Morgan fingerprint density at radius 2 is 2.03 bits per heavy atom. The van der Waals surface area contributed by atoms with E-state index in [-0.39, 0.29) is 16.3 Å². The summed E-state index contributed by atoms with van der Waals surface area (Å²) in [5.41, 5.74) is 0.903. The van der Waals surface area contributed by atoms with Gasteiger partial charge in [-0.15, -0.1) is 0 Å². The van der Waals surface area contributed by atoms with Gasteiger partial charge >= 0.3 is 0 Å². The lowest BCUT2D eigenvalue weighted by Crippen LogP contribution is -2.20. The monoisotopic (exact) mass is 417 g/mol. The van der Waals surface area contributed by atoms with Crippen LogP contribution in [-0.2, 0) is 10.0 Å². The maximum absolute atomic E-state index is 12.5. The molecule has 0 atom stereocenters. The number of hydrazone groups is 1. The highest BCUT2D eigenvalue weighted by molar-refractivity contribution is 7.89. The van der Waals surface area contributed by atoms with Crippen LogP contribution in [-0.4, -0.2) is 25.7 Å². The first-order chi connectivity index (χ1) is 13.7. The zero-order valence-corrected chi connectivity index (χ0v) is 16.8. The van der Waals surface area contributed by atoms with Crippen LogP contribution in [0, 0.1) is 17.0 Å². The summed E-state index contributed by atoms with van der Waals surface area (Å²) >= 11 is 0. The van der Waals surface area contributed by atoms with Crippen LogP contribution in [0.15, 0.2) is 56.9 Å². The molecular weight excluding hydrogens is 398 g/mol. The van der Waals surface area contributed by atoms with Crippen molar-refractivity contribution in [1.82, 2.24) is 4.83 Å². The third-order valence-electron chi connectivity index (χ3n) is 4.19. The Kier molecular flexibility index (Phi) is 5.55. The number of nitrogens with zero attached hydrogens (tertiary/aromatic N) is 2. The van der Waals surface area contributed by atoms with Crippen LogP contribution in [0.1, 0.15) is 25.2 Å². The smallest absolute Gasteiger partial charge is 0.276 e. The van der Waals surface area contributed by atoms with Crippen LogP contribution in [0.3, 0.4) is 0 Å². The van der Waals surface area contributed by atoms with Gasteiger partial charge in [0.15, 0.2) is 17.1 Å². The molecule has 0 fully saturated rings. The Bertz CT molecular complexity index is 1210. The molecule has 3 rings (SSSR count). The van der Waals surface area contributed by atoms with Crippen molar-refractivity contribution in [2.24, 2.45) is 5.10 Å². The van der Waals surface area contributed by atoms with Gasteiger partial charge in [0, 0.05) is 17.0 Å². The minimum absolute atomic E-state index is 0.255. The number of furan rings is 1. The molecule has 10 heteroatoms. The summed E-state index contributed by atoms with van der Waals surface area (Å²) in [6, 6.07) is 10.8. The summed E-state index contributed by atoms with van der Waals surface area (Å²) in [5, 5.41) is 15.7. The van der Waals surface area contributed by atoms with Crippen LogP contribution in [0.2, 0.25) is 0 Å². The summed E-state index contributed by atoms with van der Waals surface area (Å²) in [6.07, 6.45) is 0. The van der Waals surface area contributed by atoms with Gasteiger partial charge in [-0.3, -0.25) is 10.1 Å². The van der Waals surface area contributed by atoms with E-state index in [2.05, 4.69) is 9.93 Å². The highest BCUT2D eigenvalue weighted by Gasteiger charge is 2.20. The Balaban J connectivity index is 1.89. The van der Waals surface area contributed by atoms with Crippen molar-refractivity contribution in [2.75, 3.05) is 6.61 Å². The minimum Gasteiger partial charge on any atom is -0.490 e. The largest absolute Gasteiger partial charge is 0.490 e. The Morgan fingerprint density at radius 1 is 1.28 bits per heavy atom. The van der Waals surface area contributed by atoms with Crippen LogP contribution >= 0.6 is 0 Å². The first kappa shape index (κ1) is 20.3. The second-order valence-corrected chi connectivity index (χ2v) is 7.88. The molecule has 1 heterocycles. The van der Waals surface area contributed by atoms with E-state index in [0.29, 0.717) is 29.3 Å². The number of aryl methyl sites for hydroxylation is 1. The number of hydrogen-bond acceptors (Lipinski definition) is 7. The molecule has 0 aliphatic carbocycles. The number of hydrogen-bond donors (Lipinski definition) is 1. The molecule has 9 nitrogen and oxygen atoms in total. The minimum atomic E-state index is -4.09. The fraction of sp³-hybridized carbons (Fsp3) is 0.211. The van der Waals surface area contributed by atoms with Gasteiger partial charge in [0.25, 0.3) is 15.7 Å². The number of nitro groups is 1. The van der Waals surface area contributed by atoms with Crippen LogP contribution in [0.4, 0.5) is 5.69 Å². The van der Waals surface area contributed by atoms with Gasteiger partial charge in [-0.1, -0.05) is 18.2 Å². The quantitative estimate of drug-likeness (QED) is 0.355. The molecule has 0 aliphatic rings. The lowest BCUT2D eigenvalue weighted by Gasteiger charge is -2.05. The Hall–Kier alpha value is -3.40. The average Bonchev–Trinajstić information content (AvgIpc) is 3.12. The lowest BCUT2D eigenvalue weighted by atomic mass is 10.2. The van der Waals surface area contributed by atoms with Gasteiger partial charge < -0.3 is 9.15 Å². The van der Waals surface area contributed by atoms with Crippen molar-refractivity contribution in [3.05, 3.63) is 63.9 Å². The van der Waals surface area contributed by atoms with Crippen LogP contribution in [0.25, 0.3) is 11.0 Å². The fourth-order valence-corrected chi connectivity index (χ4v) is 3.55. The first-order valence-electron chi connectivity index (χ1n) is 8.70. The molecule has 1 aromatic heterocycles. The third kappa shape index (κ3) is 4.21. The van der Waals surface area contributed by atoms with Gasteiger partial charge in [-0.25, -0.2) is 0 Å². The van der Waals surface area contributed by atoms with Crippen LogP contribution < -0.4 is 9.57 Å². The topological polar surface area (TPSA) is 124 Å². The number of sulfonamides is 1. The summed E-state index contributed by atoms with van der Waals surface area (Å²) < 4.78 is 36.2.